The highest BCUT2D eigenvalue weighted by Gasteiger charge is 2.22. The number of fused-ring (bicyclic) bond motifs is 1. The van der Waals surface area contributed by atoms with Crippen LogP contribution in [0.3, 0.4) is 0 Å². The van der Waals surface area contributed by atoms with Crippen LogP contribution in [0.25, 0.3) is 0 Å². The second-order valence-corrected chi connectivity index (χ2v) is 5.64. The Morgan fingerprint density at radius 3 is 2.74 bits per heavy atom. The molecule has 1 nitrogen and oxygen atoms in total. The Labute approximate surface area is 113 Å². The second-order valence-electron chi connectivity index (χ2n) is 4.63. The van der Waals surface area contributed by atoms with Crippen molar-refractivity contribution in [2.45, 2.75) is 25.3 Å². The van der Waals surface area contributed by atoms with Crippen LogP contribution in [0.5, 0.6) is 0 Å². The molecule has 0 saturated heterocycles. The van der Waals surface area contributed by atoms with Gasteiger partial charge in [0.05, 0.1) is 11.7 Å². The van der Waals surface area contributed by atoms with Gasteiger partial charge in [0.1, 0.15) is 5.82 Å². The minimum atomic E-state index is -1.16. The standard InChI is InChI=1S/C14H12F3NS/c15-9-6-11(17)13(7-10(9)16)18-12-2-1-3-14-8(12)4-5-19-14/h4-7,12,18H,1-3H2. The molecule has 1 N–H and O–H groups in total. The number of hydrogen-bond donors (Lipinski definition) is 1. The molecule has 0 saturated carbocycles. The Morgan fingerprint density at radius 1 is 1.11 bits per heavy atom. The third kappa shape index (κ3) is 2.34. The van der Waals surface area contributed by atoms with E-state index in [-0.39, 0.29) is 11.7 Å². The molecule has 0 aliphatic heterocycles. The second kappa shape index (κ2) is 4.89. The quantitative estimate of drug-likeness (QED) is 0.791. The first kappa shape index (κ1) is 12.5. The Hall–Kier alpha value is -1.49. The maximum absolute atomic E-state index is 13.6. The van der Waals surface area contributed by atoms with Gasteiger partial charge in [-0.2, -0.15) is 0 Å². The molecule has 1 aromatic heterocycles. The zero-order chi connectivity index (χ0) is 13.4. The number of benzene rings is 1. The van der Waals surface area contributed by atoms with Crippen LogP contribution in [0.2, 0.25) is 0 Å². The van der Waals surface area contributed by atoms with Crippen molar-refractivity contribution in [1.29, 1.82) is 0 Å². The van der Waals surface area contributed by atoms with Gasteiger partial charge < -0.3 is 5.32 Å². The molecule has 1 aliphatic rings. The average Bonchev–Trinajstić information content (AvgIpc) is 2.85. The molecule has 0 spiro atoms. The molecular formula is C14H12F3NS. The summed E-state index contributed by atoms with van der Waals surface area (Å²) in [6.07, 6.45) is 2.91. The Bertz CT molecular complexity index is 609. The number of rotatable bonds is 2. The summed E-state index contributed by atoms with van der Waals surface area (Å²) in [6.45, 7) is 0. The van der Waals surface area contributed by atoms with Crippen molar-refractivity contribution in [3.63, 3.8) is 0 Å². The molecule has 3 rings (SSSR count). The fourth-order valence-corrected chi connectivity index (χ4v) is 3.44. The first-order valence-electron chi connectivity index (χ1n) is 6.12. The number of hydrogen-bond acceptors (Lipinski definition) is 2. The summed E-state index contributed by atoms with van der Waals surface area (Å²) in [5, 5.41) is 4.99. The van der Waals surface area contributed by atoms with Crippen molar-refractivity contribution < 1.29 is 13.2 Å². The predicted molar refractivity (Wildman–Crippen MR) is 69.9 cm³/mol. The Kier molecular flexibility index (Phi) is 3.22. The smallest absolute Gasteiger partial charge is 0.161 e. The van der Waals surface area contributed by atoms with E-state index in [0.717, 1.165) is 30.9 Å². The molecule has 1 unspecified atom stereocenters. The van der Waals surface area contributed by atoms with E-state index in [1.165, 1.54) is 4.88 Å². The lowest BCUT2D eigenvalue weighted by atomic mass is 9.94. The number of anilines is 1. The fraction of sp³-hybridized carbons (Fsp3) is 0.286. The molecule has 2 aromatic rings. The fourth-order valence-electron chi connectivity index (χ4n) is 2.46. The highest BCUT2D eigenvalue weighted by molar-refractivity contribution is 7.10. The van der Waals surface area contributed by atoms with Crippen molar-refractivity contribution in [3.05, 3.63) is 51.5 Å². The van der Waals surface area contributed by atoms with Crippen molar-refractivity contribution in [1.82, 2.24) is 0 Å². The molecule has 0 radical (unpaired) electrons. The Morgan fingerprint density at radius 2 is 1.89 bits per heavy atom. The van der Waals surface area contributed by atoms with E-state index < -0.39 is 17.5 Å². The van der Waals surface area contributed by atoms with Crippen LogP contribution in [0, 0.1) is 17.5 Å². The Balaban J connectivity index is 1.89. The SMILES string of the molecule is Fc1cc(F)c(NC2CCCc3sccc32)cc1F. The summed E-state index contributed by atoms with van der Waals surface area (Å²) >= 11 is 1.68. The number of halogens is 3. The summed E-state index contributed by atoms with van der Waals surface area (Å²) in [5.74, 6) is -2.96. The lowest BCUT2D eigenvalue weighted by molar-refractivity contribution is 0.494. The summed E-state index contributed by atoms with van der Waals surface area (Å²) < 4.78 is 39.7. The molecule has 1 aliphatic carbocycles. The zero-order valence-electron chi connectivity index (χ0n) is 10.1. The molecule has 100 valence electrons. The summed E-state index contributed by atoms with van der Waals surface area (Å²) in [4.78, 5) is 1.28. The molecule has 0 bridgehead atoms. The van der Waals surface area contributed by atoms with Crippen LogP contribution in [0.1, 0.15) is 29.3 Å². The van der Waals surface area contributed by atoms with E-state index in [0.29, 0.717) is 6.07 Å². The van der Waals surface area contributed by atoms with Gasteiger partial charge in [-0.05, 0) is 36.3 Å². The monoisotopic (exact) mass is 283 g/mol. The van der Waals surface area contributed by atoms with Gasteiger partial charge in [0.15, 0.2) is 11.6 Å². The molecule has 1 aromatic carbocycles. The number of aryl methyl sites for hydroxylation is 1. The van der Waals surface area contributed by atoms with E-state index in [9.17, 15) is 13.2 Å². The minimum Gasteiger partial charge on any atom is -0.376 e. The molecule has 1 heterocycles. The largest absolute Gasteiger partial charge is 0.376 e. The normalized spacial score (nSPS) is 18.2. The van der Waals surface area contributed by atoms with E-state index in [2.05, 4.69) is 5.32 Å². The van der Waals surface area contributed by atoms with E-state index in [1.54, 1.807) is 11.3 Å². The highest BCUT2D eigenvalue weighted by Crippen LogP contribution is 2.36. The van der Waals surface area contributed by atoms with Gasteiger partial charge in [0, 0.05) is 17.0 Å². The zero-order valence-corrected chi connectivity index (χ0v) is 10.9. The lowest BCUT2D eigenvalue weighted by Gasteiger charge is -2.25. The van der Waals surface area contributed by atoms with Crippen LogP contribution in [0.15, 0.2) is 23.6 Å². The molecule has 5 heteroatoms. The summed E-state index contributed by atoms with van der Waals surface area (Å²) in [5.41, 5.74) is 1.16. The minimum absolute atomic E-state index is 0.0166. The molecule has 0 amide bonds. The van der Waals surface area contributed by atoms with Crippen LogP contribution in [0.4, 0.5) is 18.9 Å². The van der Waals surface area contributed by atoms with Crippen molar-refractivity contribution in [3.8, 4) is 0 Å². The first-order chi connectivity index (χ1) is 9.15. The van der Waals surface area contributed by atoms with E-state index in [4.69, 9.17) is 0 Å². The van der Waals surface area contributed by atoms with Gasteiger partial charge in [0.2, 0.25) is 0 Å². The van der Waals surface area contributed by atoms with Gasteiger partial charge >= 0.3 is 0 Å². The highest BCUT2D eigenvalue weighted by atomic mass is 32.1. The third-order valence-corrected chi connectivity index (χ3v) is 4.39. The van der Waals surface area contributed by atoms with Gasteiger partial charge in [-0.3, -0.25) is 0 Å². The maximum Gasteiger partial charge on any atom is 0.161 e. The summed E-state index contributed by atoms with van der Waals surface area (Å²) in [6, 6.07) is 3.43. The van der Waals surface area contributed by atoms with Crippen molar-refractivity contribution in [2.24, 2.45) is 0 Å². The van der Waals surface area contributed by atoms with Gasteiger partial charge in [0.25, 0.3) is 0 Å². The van der Waals surface area contributed by atoms with Crippen molar-refractivity contribution in [2.75, 3.05) is 5.32 Å². The number of nitrogens with one attached hydrogen (secondary N) is 1. The van der Waals surface area contributed by atoms with Gasteiger partial charge in [-0.25, -0.2) is 13.2 Å². The molecule has 1 atom stereocenters. The first-order valence-corrected chi connectivity index (χ1v) is 7.00. The lowest BCUT2D eigenvalue weighted by Crippen LogP contribution is -2.16. The van der Waals surface area contributed by atoms with Crippen molar-refractivity contribution >= 4 is 17.0 Å². The number of thiophene rings is 1. The molecule has 0 fully saturated rings. The average molecular weight is 283 g/mol. The van der Waals surface area contributed by atoms with Crippen LogP contribution in [-0.2, 0) is 6.42 Å². The van der Waals surface area contributed by atoms with E-state index >= 15 is 0 Å². The van der Waals surface area contributed by atoms with Crippen LogP contribution < -0.4 is 5.32 Å². The van der Waals surface area contributed by atoms with E-state index in [1.807, 2.05) is 11.4 Å². The molecular weight excluding hydrogens is 271 g/mol. The predicted octanol–water partition coefficient (Wildman–Crippen LogP) is 4.65. The molecule has 19 heavy (non-hydrogen) atoms. The van der Waals surface area contributed by atoms with Crippen LogP contribution >= 0.6 is 11.3 Å². The summed E-state index contributed by atoms with van der Waals surface area (Å²) in [7, 11) is 0. The maximum atomic E-state index is 13.6. The third-order valence-electron chi connectivity index (χ3n) is 3.39. The van der Waals surface area contributed by atoms with Crippen LogP contribution in [-0.4, -0.2) is 0 Å². The van der Waals surface area contributed by atoms with Gasteiger partial charge in [-0.15, -0.1) is 11.3 Å². The van der Waals surface area contributed by atoms with Gasteiger partial charge in [-0.1, -0.05) is 0 Å². The topological polar surface area (TPSA) is 12.0 Å².